The number of hydrogen-bond donors (Lipinski definition) is 1. The van der Waals surface area contributed by atoms with Gasteiger partial charge in [0.15, 0.2) is 0 Å². The number of aryl methyl sites for hydroxylation is 2. The molecule has 3 aromatic rings. The Morgan fingerprint density at radius 2 is 2.00 bits per heavy atom. The molecule has 0 bridgehead atoms. The fourth-order valence-electron chi connectivity index (χ4n) is 3.54. The van der Waals surface area contributed by atoms with Gasteiger partial charge in [0, 0.05) is 48.4 Å². The number of hydrogen-bond acceptors (Lipinski definition) is 7. The van der Waals surface area contributed by atoms with Crippen LogP contribution in [0.15, 0.2) is 35.5 Å². The molecule has 8 heteroatoms. The van der Waals surface area contributed by atoms with Gasteiger partial charge in [0.2, 0.25) is 0 Å². The molecule has 2 aromatic heterocycles. The lowest BCUT2D eigenvalue weighted by Gasteiger charge is -2.36. The van der Waals surface area contributed by atoms with Gasteiger partial charge in [-0.15, -0.1) is 23.1 Å². The van der Waals surface area contributed by atoms with E-state index in [9.17, 15) is 4.79 Å². The molecule has 4 rings (SSSR count). The monoisotopic (exact) mass is 441 g/mol. The number of fused-ring (bicyclic) bond motifs is 1. The molecule has 1 fully saturated rings. The van der Waals surface area contributed by atoms with Crippen LogP contribution in [0, 0.1) is 5.92 Å². The van der Waals surface area contributed by atoms with Crippen LogP contribution in [0.5, 0.6) is 0 Å². The van der Waals surface area contributed by atoms with Crippen LogP contribution in [-0.2, 0) is 12.8 Å². The number of likely N-dealkylation sites (tertiary alicyclic amines) is 1. The topological polar surface area (TPSA) is 85.0 Å². The molecule has 0 unspecified atom stereocenters. The Morgan fingerprint density at radius 3 is 2.70 bits per heavy atom. The third-order valence-corrected chi connectivity index (χ3v) is 7.27. The van der Waals surface area contributed by atoms with E-state index in [1.807, 2.05) is 36.8 Å². The number of thioether (sulfide) groups is 1. The molecule has 1 aliphatic heterocycles. The molecule has 1 amide bonds. The summed E-state index contributed by atoms with van der Waals surface area (Å²) in [5.74, 6) is 1.56. The Hall–Kier alpha value is -2.03. The summed E-state index contributed by atoms with van der Waals surface area (Å²) in [6.07, 6.45) is 9.84. The second-order valence-corrected chi connectivity index (χ2v) is 9.98. The number of aromatic nitrogens is 3. The summed E-state index contributed by atoms with van der Waals surface area (Å²) < 4.78 is 1.08. The lowest BCUT2D eigenvalue weighted by molar-refractivity contribution is 0.0608. The molecule has 1 atom stereocenters. The van der Waals surface area contributed by atoms with E-state index in [0.717, 1.165) is 57.2 Å². The minimum Gasteiger partial charge on any atom is -0.335 e. The molecule has 0 saturated carbocycles. The molecule has 0 radical (unpaired) electrons. The smallest absolute Gasteiger partial charge is 0.254 e. The highest BCUT2D eigenvalue weighted by molar-refractivity contribution is 7.98. The van der Waals surface area contributed by atoms with Gasteiger partial charge >= 0.3 is 0 Å². The molecular formula is C22H27N5OS2. The van der Waals surface area contributed by atoms with Crippen molar-refractivity contribution in [3.05, 3.63) is 47.0 Å². The number of nitrogens with zero attached hydrogens (tertiary/aromatic N) is 4. The van der Waals surface area contributed by atoms with Crippen molar-refractivity contribution in [3.8, 4) is 0 Å². The van der Waals surface area contributed by atoms with Crippen molar-refractivity contribution in [2.45, 2.75) is 43.5 Å². The highest BCUT2D eigenvalue weighted by Gasteiger charge is 2.28. The summed E-state index contributed by atoms with van der Waals surface area (Å²) in [5.41, 5.74) is 7.49. The van der Waals surface area contributed by atoms with Gasteiger partial charge in [0.05, 0.1) is 15.2 Å². The normalized spacial score (nSPS) is 15.4. The van der Waals surface area contributed by atoms with Crippen LogP contribution < -0.4 is 5.73 Å². The number of benzene rings is 1. The van der Waals surface area contributed by atoms with Crippen molar-refractivity contribution in [2.24, 2.45) is 11.7 Å². The largest absolute Gasteiger partial charge is 0.335 e. The lowest BCUT2D eigenvalue weighted by Crippen LogP contribution is -2.57. The van der Waals surface area contributed by atoms with E-state index in [4.69, 9.17) is 10.7 Å². The highest BCUT2D eigenvalue weighted by Crippen LogP contribution is 2.26. The molecule has 30 heavy (non-hydrogen) atoms. The number of thiazole rings is 1. The third-order valence-electron chi connectivity index (χ3n) is 5.51. The van der Waals surface area contributed by atoms with Gasteiger partial charge in [-0.1, -0.05) is 6.92 Å². The Balaban J connectivity index is 1.30. The van der Waals surface area contributed by atoms with Gasteiger partial charge < -0.3 is 10.6 Å². The first kappa shape index (κ1) is 21.2. The summed E-state index contributed by atoms with van der Waals surface area (Å²) in [6, 6.07) is 5.93. The van der Waals surface area contributed by atoms with Crippen molar-refractivity contribution in [1.29, 1.82) is 0 Å². The van der Waals surface area contributed by atoms with Crippen LogP contribution in [0.25, 0.3) is 10.2 Å². The van der Waals surface area contributed by atoms with Crippen molar-refractivity contribution < 1.29 is 4.79 Å². The number of amides is 1. The van der Waals surface area contributed by atoms with Gasteiger partial charge in [0.25, 0.3) is 5.91 Å². The maximum Gasteiger partial charge on any atom is 0.254 e. The Kier molecular flexibility index (Phi) is 6.65. The zero-order valence-electron chi connectivity index (χ0n) is 17.4. The van der Waals surface area contributed by atoms with E-state index in [1.165, 1.54) is 0 Å². The minimum atomic E-state index is 0.0648. The zero-order chi connectivity index (χ0) is 21.1. The van der Waals surface area contributed by atoms with Gasteiger partial charge in [-0.05, 0) is 49.6 Å². The fraction of sp³-hybridized carbons (Fsp3) is 0.455. The maximum absolute atomic E-state index is 12.5. The van der Waals surface area contributed by atoms with Gasteiger partial charge in [0.1, 0.15) is 5.82 Å². The predicted octanol–water partition coefficient (Wildman–Crippen LogP) is 3.79. The quantitative estimate of drug-likeness (QED) is 0.535. The third kappa shape index (κ3) is 4.99. The van der Waals surface area contributed by atoms with Crippen LogP contribution in [0.1, 0.15) is 41.0 Å². The van der Waals surface area contributed by atoms with Crippen LogP contribution in [0.4, 0.5) is 0 Å². The molecule has 6 nitrogen and oxygen atoms in total. The Bertz CT molecular complexity index is 1010. The van der Waals surface area contributed by atoms with Crippen molar-refractivity contribution in [1.82, 2.24) is 19.9 Å². The van der Waals surface area contributed by atoms with Crippen LogP contribution in [0.3, 0.4) is 0 Å². The second-order valence-electron chi connectivity index (χ2n) is 7.98. The van der Waals surface area contributed by atoms with E-state index in [-0.39, 0.29) is 11.9 Å². The van der Waals surface area contributed by atoms with Gasteiger partial charge in [-0.3, -0.25) is 4.79 Å². The van der Waals surface area contributed by atoms with E-state index >= 15 is 0 Å². The summed E-state index contributed by atoms with van der Waals surface area (Å²) in [4.78, 5) is 29.0. The number of rotatable bonds is 8. The van der Waals surface area contributed by atoms with E-state index in [2.05, 4.69) is 16.9 Å². The summed E-state index contributed by atoms with van der Waals surface area (Å²) >= 11 is 3.35. The highest BCUT2D eigenvalue weighted by atomic mass is 32.2. The van der Waals surface area contributed by atoms with Crippen LogP contribution in [0.2, 0.25) is 0 Å². The first-order valence-corrected chi connectivity index (χ1v) is 12.3. The molecule has 0 spiro atoms. The molecule has 1 aromatic carbocycles. The summed E-state index contributed by atoms with van der Waals surface area (Å²) in [7, 11) is 0. The van der Waals surface area contributed by atoms with E-state index < -0.39 is 0 Å². The van der Waals surface area contributed by atoms with E-state index in [0.29, 0.717) is 19.0 Å². The average molecular weight is 442 g/mol. The number of carbonyl (C=O) groups is 1. The molecule has 3 heterocycles. The molecule has 1 saturated heterocycles. The number of nitrogens with two attached hydrogens (primary N) is 1. The second kappa shape index (κ2) is 9.41. The molecule has 1 aliphatic rings. The fourth-order valence-corrected chi connectivity index (χ4v) is 4.88. The van der Waals surface area contributed by atoms with Crippen molar-refractivity contribution >= 4 is 39.2 Å². The predicted molar refractivity (Wildman–Crippen MR) is 123 cm³/mol. The van der Waals surface area contributed by atoms with Crippen LogP contribution in [-0.4, -0.2) is 51.1 Å². The molecule has 2 N–H and O–H groups in total. The van der Waals surface area contributed by atoms with E-state index in [1.54, 1.807) is 28.0 Å². The Labute approximate surface area is 185 Å². The van der Waals surface area contributed by atoms with Crippen molar-refractivity contribution in [2.75, 3.05) is 19.3 Å². The van der Waals surface area contributed by atoms with Crippen molar-refractivity contribution in [3.63, 3.8) is 0 Å². The number of carbonyl (C=O) groups excluding carboxylic acids is 1. The first-order valence-electron chi connectivity index (χ1n) is 10.3. The first-order chi connectivity index (χ1) is 14.5. The zero-order valence-corrected chi connectivity index (χ0v) is 19.0. The maximum atomic E-state index is 12.5. The average Bonchev–Trinajstić information content (AvgIpc) is 3.16. The lowest BCUT2D eigenvalue weighted by atomic mass is 10.00. The Morgan fingerprint density at radius 1 is 1.27 bits per heavy atom. The standard InChI is InChI=1S/C22H27N5OS2/c1-14(3-7-20-24-10-17(29-2)11-25-20)4-8-21-26-18-6-5-15(9-19(18)30-21)22(28)27-12-16(23)13-27/h5-6,9-11,14,16H,3-4,7-8,12-13,23H2,1-2H3/t14-/m0/s1. The minimum absolute atomic E-state index is 0.0648. The van der Waals surface area contributed by atoms with Gasteiger partial charge in [-0.25, -0.2) is 15.0 Å². The summed E-state index contributed by atoms with van der Waals surface area (Å²) in [6.45, 7) is 3.57. The molecule has 0 aliphatic carbocycles. The van der Waals surface area contributed by atoms with Gasteiger partial charge in [-0.2, -0.15) is 0 Å². The van der Waals surface area contributed by atoms with Crippen LogP contribution >= 0.6 is 23.1 Å². The SMILES string of the molecule is CSc1cnc(CC[C@H](C)CCc2nc3ccc(C(=O)N4CC(N)C4)cc3s2)nc1. The molecular weight excluding hydrogens is 414 g/mol. The summed E-state index contributed by atoms with van der Waals surface area (Å²) in [5, 5.41) is 1.13. The molecule has 158 valence electrons.